The van der Waals surface area contributed by atoms with Crippen LogP contribution < -0.4 is 15.5 Å². The number of aromatic nitrogens is 1. The summed E-state index contributed by atoms with van der Waals surface area (Å²) in [5.74, 6) is 0.560. The number of hydrogen-bond acceptors (Lipinski definition) is 8. The molecule has 0 radical (unpaired) electrons. The van der Waals surface area contributed by atoms with Crippen molar-refractivity contribution in [3.63, 3.8) is 0 Å². The average Bonchev–Trinajstić information content (AvgIpc) is 2.86. The fourth-order valence-electron chi connectivity index (χ4n) is 2.94. The Hall–Kier alpha value is -3.39. The molecule has 0 aliphatic rings. The van der Waals surface area contributed by atoms with E-state index in [4.69, 9.17) is 15.1 Å². The van der Waals surface area contributed by atoms with Crippen LogP contribution in [0.15, 0.2) is 30.5 Å². The number of ether oxygens (including phenoxy) is 1. The van der Waals surface area contributed by atoms with Crippen LogP contribution >= 0.6 is 0 Å². The Bertz CT molecular complexity index is 922. The number of fused-ring (bicyclic) bond motifs is 1. The van der Waals surface area contributed by atoms with Crippen LogP contribution in [0.4, 0.5) is 5.69 Å². The van der Waals surface area contributed by atoms with Gasteiger partial charge in [-0.3, -0.25) is 19.3 Å². The number of nitriles is 1. The second kappa shape index (κ2) is 18.1. The Morgan fingerprint density at radius 3 is 2.35 bits per heavy atom. The lowest BCUT2D eigenvalue weighted by molar-refractivity contribution is -0.122. The number of pyridine rings is 1. The molecule has 1 heterocycles. The van der Waals surface area contributed by atoms with E-state index in [1.54, 1.807) is 31.4 Å². The van der Waals surface area contributed by atoms with Gasteiger partial charge in [0.15, 0.2) is 0 Å². The van der Waals surface area contributed by atoms with E-state index in [1.807, 2.05) is 13.1 Å². The summed E-state index contributed by atoms with van der Waals surface area (Å²) in [6.45, 7) is 5.67. The van der Waals surface area contributed by atoms with Crippen molar-refractivity contribution in [3.8, 4) is 6.07 Å². The van der Waals surface area contributed by atoms with Gasteiger partial charge in [0, 0.05) is 50.6 Å². The summed E-state index contributed by atoms with van der Waals surface area (Å²) in [6, 6.07) is 9.16. The molecular weight excluding hydrogens is 438 g/mol. The summed E-state index contributed by atoms with van der Waals surface area (Å²) in [7, 11) is 4.54. The van der Waals surface area contributed by atoms with Crippen molar-refractivity contribution >= 4 is 35.2 Å². The second-order valence-electron chi connectivity index (χ2n) is 7.34. The Labute approximate surface area is 200 Å². The molecule has 3 amide bonds. The van der Waals surface area contributed by atoms with Gasteiger partial charge in [0.1, 0.15) is 11.8 Å². The second-order valence-corrected chi connectivity index (χ2v) is 7.34. The van der Waals surface area contributed by atoms with E-state index in [0.29, 0.717) is 48.2 Å². The number of nitrogens with one attached hydrogen (secondary N) is 2. The maximum Gasteiger partial charge on any atom is 0.220 e. The van der Waals surface area contributed by atoms with Crippen LogP contribution in [0.25, 0.3) is 10.8 Å². The molecular formula is C24H35N5O5. The Balaban J connectivity index is 0.000000603. The van der Waals surface area contributed by atoms with Crippen LogP contribution in [0.2, 0.25) is 0 Å². The number of carbonyl (C=O) groups excluding carboxylic acids is 3. The van der Waals surface area contributed by atoms with Crippen molar-refractivity contribution in [3.05, 3.63) is 36.2 Å². The summed E-state index contributed by atoms with van der Waals surface area (Å²) in [5.41, 5.74) is 0.630. The molecule has 0 aliphatic carbocycles. The third kappa shape index (κ3) is 10.0. The zero-order valence-electron chi connectivity index (χ0n) is 20.4. The zero-order chi connectivity index (χ0) is 25.9. The first-order chi connectivity index (χ1) is 16.4. The first-order valence-electron chi connectivity index (χ1n) is 10.8. The van der Waals surface area contributed by atoms with Crippen LogP contribution in [0, 0.1) is 17.2 Å². The summed E-state index contributed by atoms with van der Waals surface area (Å²) in [5, 5.41) is 23.3. The maximum absolute atomic E-state index is 11.5. The molecule has 1 aromatic heterocycles. The molecule has 0 fully saturated rings. The highest BCUT2D eigenvalue weighted by atomic mass is 16.5. The summed E-state index contributed by atoms with van der Waals surface area (Å²) >= 11 is 0. The van der Waals surface area contributed by atoms with E-state index in [9.17, 15) is 14.4 Å². The standard InChI is InChI=1S/C12H7N3O2.C11H24N2O2.CH4O/c13-5-11-9-3-1-2-4-10(9)12(6-14-11)15(7-16)8-17;1-9(2)10(8-12-3)13-11(14)6-5-7-15-4;1-2/h1-4,6-8H;9-10,12H,5-8H2,1-4H3,(H,13,14);2H,1H3. The van der Waals surface area contributed by atoms with Crippen molar-refractivity contribution in [1.82, 2.24) is 15.6 Å². The lowest BCUT2D eigenvalue weighted by Crippen LogP contribution is -2.44. The molecule has 186 valence electrons. The number of amides is 3. The number of likely N-dealkylation sites (N-methyl/N-ethyl adjacent to an activating group) is 1. The molecule has 2 aromatic rings. The van der Waals surface area contributed by atoms with Crippen molar-refractivity contribution in [2.24, 2.45) is 5.92 Å². The van der Waals surface area contributed by atoms with Gasteiger partial charge >= 0.3 is 0 Å². The van der Waals surface area contributed by atoms with Crippen molar-refractivity contribution < 1.29 is 24.2 Å². The third-order valence-corrected chi connectivity index (χ3v) is 4.71. The number of anilines is 1. The molecule has 34 heavy (non-hydrogen) atoms. The van der Waals surface area contributed by atoms with Crippen molar-refractivity contribution in [2.45, 2.75) is 32.7 Å². The average molecular weight is 474 g/mol. The number of imide groups is 1. The summed E-state index contributed by atoms with van der Waals surface area (Å²) < 4.78 is 4.90. The van der Waals surface area contributed by atoms with Gasteiger partial charge in [-0.15, -0.1) is 0 Å². The highest BCUT2D eigenvalue weighted by molar-refractivity contribution is 6.06. The molecule has 0 aliphatic heterocycles. The van der Waals surface area contributed by atoms with E-state index in [0.717, 1.165) is 25.0 Å². The first kappa shape index (κ1) is 30.6. The third-order valence-electron chi connectivity index (χ3n) is 4.71. The number of rotatable bonds is 11. The maximum atomic E-state index is 11.5. The predicted octanol–water partition coefficient (Wildman–Crippen LogP) is 1.61. The van der Waals surface area contributed by atoms with Crippen molar-refractivity contribution in [1.29, 1.82) is 5.26 Å². The van der Waals surface area contributed by atoms with Crippen LogP contribution in [-0.2, 0) is 19.1 Å². The zero-order valence-corrected chi connectivity index (χ0v) is 20.4. The van der Waals surface area contributed by atoms with Crippen LogP contribution in [-0.4, -0.2) is 69.3 Å². The fourth-order valence-corrected chi connectivity index (χ4v) is 2.94. The van der Waals surface area contributed by atoms with Crippen LogP contribution in [0.1, 0.15) is 32.4 Å². The molecule has 10 nitrogen and oxygen atoms in total. The number of hydrogen-bond donors (Lipinski definition) is 3. The van der Waals surface area contributed by atoms with Gasteiger partial charge < -0.3 is 20.5 Å². The van der Waals surface area contributed by atoms with Gasteiger partial charge in [0.2, 0.25) is 18.7 Å². The van der Waals surface area contributed by atoms with Gasteiger partial charge in [0.05, 0.1) is 11.9 Å². The number of aliphatic hydroxyl groups excluding tert-OH is 1. The van der Waals surface area contributed by atoms with E-state index < -0.39 is 0 Å². The predicted molar refractivity (Wildman–Crippen MR) is 131 cm³/mol. The van der Waals surface area contributed by atoms with E-state index in [2.05, 4.69) is 29.5 Å². The minimum atomic E-state index is 0.112. The van der Waals surface area contributed by atoms with Crippen LogP contribution in [0.5, 0.6) is 0 Å². The fraction of sp³-hybridized carbons (Fsp3) is 0.458. The van der Waals surface area contributed by atoms with Gasteiger partial charge in [-0.2, -0.15) is 5.26 Å². The topological polar surface area (TPSA) is 145 Å². The van der Waals surface area contributed by atoms with Gasteiger partial charge in [0.25, 0.3) is 0 Å². The van der Waals surface area contributed by atoms with Crippen LogP contribution in [0.3, 0.4) is 0 Å². The lowest BCUT2D eigenvalue weighted by atomic mass is 10.0. The monoisotopic (exact) mass is 473 g/mol. The Morgan fingerprint density at radius 1 is 1.24 bits per heavy atom. The molecule has 0 spiro atoms. The van der Waals surface area contributed by atoms with Gasteiger partial charge in [-0.25, -0.2) is 4.98 Å². The molecule has 1 aromatic carbocycles. The minimum Gasteiger partial charge on any atom is -0.400 e. The molecule has 3 N–H and O–H groups in total. The lowest BCUT2D eigenvalue weighted by Gasteiger charge is -2.22. The number of carbonyl (C=O) groups is 3. The molecule has 10 heteroatoms. The van der Waals surface area contributed by atoms with E-state index in [-0.39, 0.29) is 17.6 Å². The number of methoxy groups -OCH3 is 1. The molecule has 0 saturated heterocycles. The number of aliphatic hydroxyl groups is 1. The Kier molecular flexibility index (Phi) is 16.3. The molecule has 0 saturated carbocycles. The van der Waals surface area contributed by atoms with Gasteiger partial charge in [-0.05, 0) is 19.4 Å². The first-order valence-corrected chi connectivity index (χ1v) is 10.8. The molecule has 0 bridgehead atoms. The quantitative estimate of drug-likeness (QED) is 0.330. The van der Waals surface area contributed by atoms with Crippen molar-refractivity contribution in [2.75, 3.05) is 39.3 Å². The largest absolute Gasteiger partial charge is 0.400 e. The summed E-state index contributed by atoms with van der Waals surface area (Å²) in [4.78, 5) is 37.8. The van der Waals surface area contributed by atoms with Gasteiger partial charge in [-0.1, -0.05) is 38.1 Å². The normalized spacial score (nSPS) is 10.6. The summed E-state index contributed by atoms with van der Waals surface area (Å²) in [6.07, 6.45) is 3.47. The number of nitrogens with zero attached hydrogens (tertiary/aromatic N) is 3. The van der Waals surface area contributed by atoms with E-state index >= 15 is 0 Å². The minimum absolute atomic E-state index is 0.112. The SMILES string of the molecule is CNCC(NC(=O)CCCOC)C(C)C.CO.N#Cc1ncc(N(C=O)C=O)c2ccccc12. The highest BCUT2D eigenvalue weighted by Crippen LogP contribution is 2.26. The van der Waals surface area contributed by atoms with E-state index in [1.165, 1.54) is 6.20 Å². The number of benzene rings is 1. The molecule has 1 unspecified atom stereocenters. The highest BCUT2D eigenvalue weighted by Gasteiger charge is 2.14. The Morgan fingerprint density at radius 2 is 1.85 bits per heavy atom. The molecule has 2 rings (SSSR count). The smallest absolute Gasteiger partial charge is 0.220 e. The molecule has 1 atom stereocenters.